The Hall–Kier alpha value is -1.42. The molecule has 1 amide bonds. The van der Waals surface area contributed by atoms with E-state index in [-0.39, 0.29) is 0 Å². The summed E-state index contributed by atoms with van der Waals surface area (Å²) in [5, 5.41) is 2.50. The third-order valence-corrected chi connectivity index (χ3v) is 4.95. The second-order valence-corrected chi connectivity index (χ2v) is 9.32. The van der Waals surface area contributed by atoms with Gasteiger partial charge in [-0.15, -0.1) is 0 Å². The van der Waals surface area contributed by atoms with E-state index >= 15 is 0 Å². The predicted molar refractivity (Wildman–Crippen MR) is 118 cm³/mol. The molecule has 0 heterocycles. The van der Waals surface area contributed by atoms with Crippen LogP contribution >= 0.6 is 7.60 Å². The molecule has 0 aromatic carbocycles. The fraction of sp³-hybridized carbons (Fsp3) is 0.591. The maximum atomic E-state index is 11.3. The first-order valence-corrected chi connectivity index (χ1v) is 11.7. The Kier molecular flexibility index (Phi) is 13.8. The van der Waals surface area contributed by atoms with Crippen molar-refractivity contribution in [3.63, 3.8) is 0 Å². The van der Waals surface area contributed by atoms with Gasteiger partial charge in [-0.2, -0.15) is 0 Å². The summed E-state index contributed by atoms with van der Waals surface area (Å²) in [5.41, 5.74) is 5.36. The van der Waals surface area contributed by atoms with E-state index in [1.54, 1.807) is 0 Å². The Labute approximate surface area is 170 Å². The third kappa shape index (κ3) is 18.0. The van der Waals surface area contributed by atoms with E-state index in [1.807, 2.05) is 13.0 Å². The van der Waals surface area contributed by atoms with E-state index < -0.39 is 19.7 Å². The molecule has 5 nitrogen and oxygen atoms in total. The maximum absolute atomic E-state index is 11.3. The van der Waals surface area contributed by atoms with Crippen LogP contribution in [0.5, 0.6) is 0 Å². The first-order chi connectivity index (χ1) is 13.0. The second kappa shape index (κ2) is 14.6. The van der Waals surface area contributed by atoms with Crippen molar-refractivity contribution in [3.8, 4) is 0 Å². The molecule has 0 aliphatic carbocycles. The normalized spacial score (nSPS) is 13.5. The summed E-state index contributed by atoms with van der Waals surface area (Å²) in [6.07, 6.45) is 14.2. The quantitative estimate of drug-likeness (QED) is 0.279. The van der Waals surface area contributed by atoms with Gasteiger partial charge in [0.2, 0.25) is 5.91 Å². The highest BCUT2D eigenvalue weighted by Crippen LogP contribution is 2.33. The Bertz CT molecular complexity index is 649. The van der Waals surface area contributed by atoms with Gasteiger partial charge in [0, 0.05) is 6.54 Å². The lowest BCUT2D eigenvalue weighted by Crippen LogP contribution is -2.26. The molecular weight excluding hydrogens is 373 g/mol. The molecule has 0 spiro atoms. The molecule has 0 radical (unpaired) electrons. The van der Waals surface area contributed by atoms with Gasteiger partial charge in [0.1, 0.15) is 6.16 Å². The number of carbonyl (C=O) groups is 1. The van der Waals surface area contributed by atoms with E-state index in [4.69, 9.17) is 9.79 Å². The van der Waals surface area contributed by atoms with Crippen LogP contribution in [0.15, 0.2) is 46.6 Å². The minimum absolute atomic E-state index is 0.296. The number of hydrogen-bond donors (Lipinski definition) is 3. The molecular formula is C22H38NO4P. The first-order valence-electron chi connectivity index (χ1n) is 9.91. The van der Waals surface area contributed by atoms with Crippen LogP contribution in [0.25, 0.3) is 0 Å². The van der Waals surface area contributed by atoms with Crippen molar-refractivity contribution >= 4 is 13.5 Å². The lowest BCUT2D eigenvalue weighted by Gasteiger charge is -2.05. The van der Waals surface area contributed by atoms with Crippen molar-refractivity contribution < 1.29 is 19.1 Å². The monoisotopic (exact) mass is 411 g/mol. The lowest BCUT2D eigenvalue weighted by molar-refractivity contribution is -0.118. The molecule has 160 valence electrons. The molecule has 0 atom stereocenters. The van der Waals surface area contributed by atoms with Crippen LogP contribution < -0.4 is 5.32 Å². The van der Waals surface area contributed by atoms with Crippen molar-refractivity contribution in [1.29, 1.82) is 0 Å². The van der Waals surface area contributed by atoms with Crippen molar-refractivity contribution in [2.24, 2.45) is 0 Å². The van der Waals surface area contributed by atoms with Crippen LogP contribution in [0.1, 0.15) is 73.1 Å². The van der Waals surface area contributed by atoms with Crippen LogP contribution in [0.3, 0.4) is 0 Å². The number of nitrogens with one attached hydrogen (secondary N) is 1. The number of allylic oxidation sites excluding steroid dienone is 7. The maximum Gasteiger partial charge on any atom is 0.334 e. The molecule has 6 heteroatoms. The summed E-state index contributed by atoms with van der Waals surface area (Å²) in [7, 11) is -4.29. The van der Waals surface area contributed by atoms with E-state index in [2.05, 4.69) is 51.2 Å². The van der Waals surface area contributed by atoms with Gasteiger partial charge >= 0.3 is 7.60 Å². The fourth-order valence-electron chi connectivity index (χ4n) is 2.57. The van der Waals surface area contributed by atoms with Gasteiger partial charge in [0.25, 0.3) is 0 Å². The van der Waals surface area contributed by atoms with Crippen LogP contribution in [-0.4, -0.2) is 28.4 Å². The minimum atomic E-state index is -4.29. The molecule has 0 aliphatic rings. The van der Waals surface area contributed by atoms with Crippen molar-refractivity contribution in [2.45, 2.75) is 73.1 Å². The fourth-order valence-corrected chi connectivity index (χ4v) is 3.06. The van der Waals surface area contributed by atoms with E-state index in [9.17, 15) is 9.36 Å². The summed E-state index contributed by atoms with van der Waals surface area (Å²) in [5.74, 6) is -0.627. The molecule has 0 unspecified atom stereocenters. The Morgan fingerprint density at radius 1 is 0.786 bits per heavy atom. The molecule has 3 N–H and O–H groups in total. The summed E-state index contributed by atoms with van der Waals surface area (Å²) < 4.78 is 10.7. The van der Waals surface area contributed by atoms with Crippen LogP contribution in [0, 0.1) is 0 Å². The van der Waals surface area contributed by atoms with Gasteiger partial charge < -0.3 is 15.1 Å². The SMILES string of the molecule is CC(C)=CCC/C(C)=C/CC/C(C)=C/CC/C(C)=C/CNC(=O)CP(=O)(O)O. The minimum Gasteiger partial charge on any atom is -0.352 e. The van der Waals surface area contributed by atoms with Crippen LogP contribution in [-0.2, 0) is 9.36 Å². The number of hydrogen-bond acceptors (Lipinski definition) is 2. The molecule has 0 saturated carbocycles. The largest absolute Gasteiger partial charge is 0.352 e. The molecule has 0 aromatic rings. The van der Waals surface area contributed by atoms with Crippen LogP contribution in [0.2, 0.25) is 0 Å². The van der Waals surface area contributed by atoms with Crippen molar-refractivity contribution in [3.05, 3.63) is 46.6 Å². The predicted octanol–water partition coefficient (Wildman–Crippen LogP) is 5.43. The number of amides is 1. The topological polar surface area (TPSA) is 86.6 Å². The summed E-state index contributed by atoms with van der Waals surface area (Å²) >= 11 is 0. The zero-order valence-electron chi connectivity index (χ0n) is 18.1. The Morgan fingerprint density at radius 2 is 1.21 bits per heavy atom. The smallest absolute Gasteiger partial charge is 0.334 e. The second-order valence-electron chi connectivity index (χ2n) is 7.68. The molecule has 0 bridgehead atoms. The van der Waals surface area contributed by atoms with Gasteiger partial charge in [-0.25, -0.2) is 0 Å². The number of carbonyl (C=O) groups excluding carboxylic acids is 1. The Morgan fingerprint density at radius 3 is 1.64 bits per heavy atom. The van der Waals surface area contributed by atoms with Gasteiger partial charge in [-0.05, 0) is 73.1 Å². The standard InChI is InChI=1S/C22H38NO4P/c1-18(2)9-6-10-19(3)11-7-12-20(4)13-8-14-21(5)15-16-23-22(24)17-28(25,26)27/h9,11,13,15H,6-8,10,12,14,16-17H2,1-5H3,(H,23,24)(H2,25,26,27)/b19-11+,20-13+,21-15+. The molecule has 0 saturated heterocycles. The van der Waals surface area contributed by atoms with Crippen molar-refractivity contribution in [2.75, 3.05) is 12.7 Å². The van der Waals surface area contributed by atoms with Gasteiger partial charge in [0.05, 0.1) is 0 Å². The summed E-state index contributed by atoms with van der Waals surface area (Å²) in [6.45, 7) is 10.9. The molecule has 28 heavy (non-hydrogen) atoms. The molecule has 0 rings (SSSR count). The Balaban J connectivity index is 4.08. The van der Waals surface area contributed by atoms with Crippen LogP contribution in [0.4, 0.5) is 0 Å². The zero-order valence-corrected chi connectivity index (χ0v) is 19.0. The molecule has 0 aromatic heterocycles. The van der Waals surface area contributed by atoms with Crippen molar-refractivity contribution in [1.82, 2.24) is 5.32 Å². The highest BCUT2D eigenvalue weighted by Gasteiger charge is 2.17. The van der Waals surface area contributed by atoms with Gasteiger partial charge in [-0.1, -0.05) is 46.6 Å². The zero-order chi connectivity index (χ0) is 21.6. The average molecular weight is 412 g/mol. The highest BCUT2D eigenvalue weighted by molar-refractivity contribution is 7.52. The van der Waals surface area contributed by atoms with E-state index in [0.717, 1.165) is 44.1 Å². The van der Waals surface area contributed by atoms with E-state index in [1.165, 1.54) is 16.7 Å². The van der Waals surface area contributed by atoms with Gasteiger partial charge in [-0.3, -0.25) is 9.36 Å². The highest BCUT2D eigenvalue weighted by atomic mass is 31.2. The third-order valence-electron chi connectivity index (χ3n) is 4.25. The van der Waals surface area contributed by atoms with E-state index in [0.29, 0.717) is 6.54 Å². The lowest BCUT2D eigenvalue weighted by atomic mass is 10.0. The summed E-state index contributed by atoms with van der Waals surface area (Å²) in [4.78, 5) is 28.8. The molecule has 0 aliphatic heterocycles. The first kappa shape index (κ1) is 26.6. The average Bonchev–Trinajstić information content (AvgIpc) is 2.52. The van der Waals surface area contributed by atoms with Gasteiger partial charge in [0.15, 0.2) is 0 Å². The number of rotatable bonds is 13. The summed E-state index contributed by atoms with van der Waals surface area (Å²) in [6, 6.07) is 0. The molecule has 0 fully saturated rings.